The van der Waals surface area contributed by atoms with E-state index in [0.29, 0.717) is 32.9 Å². The van der Waals surface area contributed by atoms with Crippen molar-refractivity contribution in [2.75, 3.05) is 40.4 Å². The molecule has 2 rings (SSSR count). The van der Waals surface area contributed by atoms with E-state index in [4.69, 9.17) is 9.47 Å². The summed E-state index contributed by atoms with van der Waals surface area (Å²) in [5.74, 6) is 1.56. The van der Waals surface area contributed by atoms with Crippen LogP contribution in [0.5, 0.6) is 23.0 Å². The summed E-state index contributed by atoms with van der Waals surface area (Å²) in [7, 11) is 3.13. The zero-order chi connectivity index (χ0) is 28.5. The Morgan fingerprint density at radius 1 is 0.750 bits per heavy atom. The third-order valence-electron chi connectivity index (χ3n) is 5.25. The molecule has 0 saturated heterocycles. The van der Waals surface area contributed by atoms with Crippen molar-refractivity contribution in [3.05, 3.63) is 58.4 Å². The van der Waals surface area contributed by atoms with Gasteiger partial charge in [0.2, 0.25) is 0 Å². The second-order valence-electron chi connectivity index (χ2n) is 7.48. The van der Waals surface area contributed by atoms with Crippen LogP contribution in [0.1, 0.15) is 38.8 Å². The second kappa shape index (κ2) is 22.4. The molecule has 0 fully saturated rings. The van der Waals surface area contributed by atoms with E-state index >= 15 is 0 Å². The fourth-order valence-electron chi connectivity index (χ4n) is 2.95. The fraction of sp³-hybridized carbons (Fsp3) is 0.385. The Labute approximate surface area is 269 Å². The number of nitrogens with zero attached hydrogens (tertiary/aromatic N) is 6. The molecule has 0 aliphatic heterocycles. The van der Waals surface area contributed by atoms with Crippen LogP contribution in [0.4, 0.5) is 0 Å². The third kappa shape index (κ3) is 13.9. The maximum atomic E-state index is 9.67. The quantitative estimate of drug-likeness (QED) is 0.0983. The number of rotatable bonds is 10. The van der Waals surface area contributed by atoms with Gasteiger partial charge >= 0.3 is 17.1 Å². The van der Waals surface area contributed by atoms with Crippen LogP contribution in [0.15, 0.2) is 46.6 Å². The van der Waals surface area contributed by atoms with Crippen molar-refractivity contribution < 1.29 is 53.8 Å². The molecule has 0 atom stereocenters. The first-order valence-corrected chi connectivity index (χ1v) is 13.0. The van der Waals surface area contributed by atoms with E-state index in [9.17, 15) is 10.2 Å². The van der Waals surface area contributed by atoms with Crippen molar-refractivity contribution in [3.63, 3.8) is 0 Å². The number of thiol groups is 2. The molecule has 0 spiro atoms. The number of benzene rings is 2. The van der Waals surface area contributed by atoms with E-state index in [2.05, 4.69) is 45.5 Å². The molecule has 0 amide bonds. The summed E-state index contributed by atoms with van der Waals surface area (Å²) >= 11 is 8.54. The van der Waals surface area contributed by atoms with E-state index < -0.39 is 0 Å². The first kappa shape index (κ1) is 39.9. The van der Waals surface area contributed by atoms with Crippen molar-refractivity contribution in [3.8, 4) is 23.0 Å². The normalized spacial score (nSPS) is 10.4. The molecule has 2 radical (unpaired) electrons. The van der Waals surface area contributed by atoms with Gasteiger partial charge in [0, 0.05) is 66.8 Å². The van der Waals surface area contributed by atoms with Gasteiger partial charge in [0.15, 0.2) is 34.7 Å². The van der Waals surface area contributed by atoms with Crippen molar-refractivity contribution in [1.82, 2.24) is 9.80 Å². The van der Waals surface area contributed by atoms with Crippen molar-refractivity contribution in [1.29, 1.82) is 0 Å². The first-order chi connectivity index (χ1) is 18.2. The smallest absolute Gasteiger partial charge is 0.515 e. The van der Waals surface area contributed by atoms with Crippen LogP contribution in [-0.2, 0) is 58.6 Å². The number of hydrogen-bond acceptors (Lipinski definition) is 6. The zero-order valence-corrected chi connectivity index (χ0v) is 27.0. The molecule has 0 aliphatic carbocycles. The van der Waals surface area contributed by atoms with E-state index in [0.717, 1.165) is 26.2 Å². The number of aromatic hydroxyl groups is 2. The summed E-state index contributed by atoms with van der Waals surface area (Å²) in [5, 5.41) is 28.3. The van der Waals surface area contributed by atoms with Gasteiger partial charge in [-0.3, -0.25) is 0 Å². The first-order valence-electron chi connectivity index (χ1n) is 12.1. The van der Waals surface area contributed by atoms with Crippen LogP contribution in [0.3, 0.4) is 0 Å². The van der Waals surface area contributed by atoms with Crippen LogP contribution in [0, 0.1) is 0 Å². The number of methoxy groups -OCH3 is 2. The predicted molar refractivity (Wildman–Crippen MR) is 165 cm³/mol. The Hall–Kier alpha value is -2.28. The van der Waals surface area contributed by atoms with Crippen LogP contribution >= 0.6 is 0 Å². The van der Waals surface area contributed by atoms with Gasteiger partial charge in [-0.15, -0.1) is 0 Å². The fourth-order valence-corrected chi connectivity index (χ4v) is 3.62. The molecular formula is C26H38Cu2N6O4S2+2. The standard InChI is InChI=1S/2C13H19N3O2S.2Cu/c2*1-4-16(5-2)13(19)15-14-9-10-8-11(18-3)6-7-12(10)17;;/h2*6-9H,4-5H2,1-3H3,(H2,14,15,17,19);;/q;;;+2. The molecule has 40 heavy (non-hydrogen) atoms. The number of phenols is 2. The number of ether oxygens (including phenoxy) is 2. The molecule has 0 aliphatic rings. The average molecular weight is 690 g/mol. The summed E-state index contributed by atoms with van der Waals surface area (Å²) in [6, 6.07) is 9.82. The molecular weight excluding hydrogens is 652 g/mol. The Balaban J connectivity index is 0. The van der Waals surface area contributed by atoms with E-state index in [-0.39, 0.29) is 45.6 Å². The topological polar surface area (TPSA) is 118 Å². The van der Waals surface area contributed by atoms with Gasteiger partial charge in [-0.25, -0.2) is 9.80 Å². The molecule has 2 N–H and O–H groups in total. The van der Waals surface area contributed by atoms with Gasteiger partial charge in [0.25, 0.3) is 0 Å². The zero-order valence-electron chi connectivity index (χ0n) is 23.3. The SMILES string of the molecule is CCN(CC)C(=[SH+])[N-]N=Cc1cc(OC)ccc1O.CCN(CC)C(=[SH+])[N-]N=Cc1cc(OC)ccc1O.[Cu+2].[Cu]. The Morgan fingerprint density at radius 2 is 1.07 bits per heavy atom. The van der Waals surface area contributed by atoms with Crippen LogP contribution in [0.25, 0.3) is 10.9 Å². The van der Waals surface area contributed by atoms with Gasteiger partial charge < -0.3 is 40.7 Å². The molecule has 0 saturated carbocycles. The summed E-state index contributed by atoms with van der Waals surface area (Å²) in [6.07, 6.45) is 2.94. The van der Waals surface area contributed by atoms with Gasteiger partial charge in [-0.1, -0.05) is 27.7 Å². The van der Waals surface area contributed by atoms with Crippen molar-refractivity contribution in [2.45, 2.75) is 27.7 Å². The van der Waals surface area contributed by atoms with Crippen molar-refractivity contribution >= 4 is 47.1 Å². The largest absolute Gasteiger partial charge is 2.00 e. The van der Waals surface area contributed by atoms with E-state index in [1.165, 1.54) is 12.4 Å². The predicted octanol–water partition coefficient (Wildman–Crippen LogP) is 3.63. The van der Waals surface area contributed by atoms with Gasteiger partial charge in [-0.2, -0.15) is 0 Å². The maximum Gasteiger partial charge on any atom is 2.00 e. The van der Waals surface area contributed by atoms with E-state index in [1.807, 2.05) is 37.5 Å². The van der Waals surface area contributed by atoms with Gasteiger partial charge in [0.05, 0.1) is 14.2 Å². The van der Waals surface area contributed by atoms with Crippen LogP contribution < -0.4 is 9.47 Å². The maximum absolute atomic E-state index is 9.67. The van der Waals surface area contributed by atoms with Gasteiger partial charge in [-0.05, 0) is 36.4 Å². The minimum atomic E-state index is 0. The Kier molecular flexibility index (Phi) is 22.3. The summed E-state index contributed by atoms with van der Waals surface area (Å²) in [4.78, 5) is 3.93. The molecule has 0 bridgehead atoms. The molecule has 0 aromatic heterocycles. The summed E-state index contributed by atoms with van der Waals surface area (Å²) < 4.78 is 10.2. The number of phenolic OH excluding ortho intramolecular Hbond substituents is 2. The molecule has 14 heteroatoms. The van der Waals surface area contributed by atoms with Gasteiger partial charge in [0.1, 0.15) is 23.0 Å². The number of hydrogen-bond donors (Lipinski definition) is 2. The summed E-state index contributed by atoms with van der Waals surface area (Å²) in [5.41, 5.74) is 9.06. The Morgan fingerprint density at radius 3 is 1.35 bits per heavy atom. The average Bonchev–Trinajstić information content (AvgIpc) is 2.92. The molecule has 0 unspecified atom stereocenters. The van der Waals surface area contributed by atoms with E-state index in [1.54, 1.807) is 50.6 Å². The summed E-state index contributed by atoms with van der Waals surface area (Å²) in [6.45, 7) is 11.4. The minimum Gasteiger partial charge on any atom is -0.515 e. The second-order valence-corrected chi connectivity index (χ2v) is 8.28. The molecule has 10 nitrogen and oxygen atoms in total. The molecule has 2 aromatic rings. The molecule has 0 heterocycles. The van der Waals surface area contributed by atoms with Crippen LogP contribution in [-0.4, -0.2) is 83.1 Å². The minimum absolute atomic E-state index is 0. The van der Waals surface area contributed by atoms with Crippen molar-refractivity contribution in [2.24, 2.45) is 10.2 Å². The molecule has 2 aromatic carbocycles. The van der Waals surface area contributed by atoms with Crippen LogP contribution in [0.2, 0.25) is 0 Å². The molecule has 228 valence electrons. The third-order valence-corrected chi connectivity index (χ3v) is 5.99. The Bertz CT molecular complexity index is 1020. The monoisotopic (exact) mass is 688 g/mol.